The van der Waals surface area contributed by atoms with Crippen LogP contribution in [0.15, 0.2) is 140 Å². The zero-order chi connectivity index (χ0) is 26.8. The van der Waals surface area contributed by atoms with Gasteiger partial charge in [-0.25, -0.2) is 8.78 Å². The summed E-state index contributed by atoms with van der Waals surface area (Å²) in [5, 5.41) is 0. The van der Waals surface area contributed by atoms with E-state index in [2.05, 4.69) is 91.0 Å². The molecule has 2 aliphatic carbocycles. The lowest BCUT2D eigenvalue weighted by Crippen LogP contribution is -2.26. The minimum atomic E-state index is -0.495. The van der Waals surface area contributed by atoms with Crippen LogP contribution in [0.25, 0.3) is 22.3 Å². The molecule has 1 nitrogen and oxygen atoms in total. The van der Waals surface area contributed by atoms with E-state index in [0.717, 1.165) is 16.8 Å². The molecule has 8 rings (SSSR count). The van der Waals surface area contributed by atoms with E-state index in [1.807, 2.05) is 17.0 Å². The third-order valence-electron chi connectivity index (χ3n) is 8.37. The molecular formula is C37H23F2N. The Bertz CT molecular complexity index is 1870. The average Bonchev–Trinajstić information content (AvgIpc) is 3.46. The molecule has 6 aromatic carbocycles. The van der Waals surface area contributed by atoms with Gasteiger partial charge in [0.15, 0.2) is 0 Å². The van der Waals surface area contributed by atoms with E-state index in [-0.39, 0.29) is 11.6 Å². The Kier molecular flexibility index (Phi) is 4.86. The van der Waals surface area contributed by atoms with Crippen LogP contribution in [-0.4, -0.2) is 0 Å². The van der Waals surface area contributed by atoms with E-state index in [9.17, 15) is 8.78 Å². The second-order valence-corrected chi connectivity index (χ2v) is 10.4. The fourth-order valence-corrected chi connectivity index (χ4v) is 6.97. The van der Waals surface area contributed by atoms with Crippen molar-refractivity contribution >= 4 is 17.1 Å². The fraction of sp³-hybridized carbons (Fsp3) is 0.0270. The van der Waals surface area contributed by atoms with Gasteiger partial charge in [0.1, 0.15) is 11.6 Å². The first kappa shape index (κ1) is 22.9. The molecule has 40 heavy (non-hydrogen) atoms. The second-order valence-electron chi connectivity index (χ2n) is 10.4. The van der Waals surface area contributed by atoms with Crippen LogP contribution in [0.3, 0.4) is 0 Å². The van der Waals surface area contributed by atoms with Crippen LogP contribution < -0.4 is 4.90 Å². The Hall–Kier alpha value is -5.02. The molecule has 1 spiro atoms. The number of hydrogen-bond donors (Lipinski definition) is 0. The van der Waals surface area contributed by atoms with Gasteiger partial charge in [0.2, 0.25) is 0 Å². The van der Waals surface area contributed by atoms with E-state index >= 15 is 0 Å². The Labute approximate surface area is 231 Å². The maximum absolute atomic E-state index is 14.6. The lowest BCUT2D eigenvalue weighted by Gasteiger charge is -2.31. The monoisotopic (exact) mass is 519 g/mol. The van der Waals surface area contributed by atoms with E-state index in [1.165, 1.54) is 57.6 Å². The minimum Gasteiger partial charge on any atom is -0.310 e. The van der Waals surface area contributed by atoms with Crippen molar-refractivity contribution in [2.45, 2.75) is 5.41 Å². The second kappa shape index (κ2) is 8.49. The molecule has 0 radical (unpaired) electrons. The summed E-state index contributed by atoms with van der Waals surface area (Å²) in [4.78, 5) is 1.97. The molecule has 3 heteroatoms. The Morgan fingerprint density at radius 1 is 0.425 bits per heavy atom. The van der Waals surface area contributed by atoms with Crippen LogP contribution in [0, 0.1) is 11.6 Å². The van der Waals surface area contributed by atoms with Crippen LogP contribution in [0.5, 0.6) is 0 Å². The van der Waals surface area contributed by atoms with Crippen molar-refractivity contribution < 1.29 is 8.78 Å². The molecule has 0 amide bonds. The van der Waals surface area contributed by atoms with Crippen LogP contribution in [-0.2, 0) is 5.41 Å². The molecule has 0 saturated heterocycles. The number of rotatable bonds is 3. The number of halogens is 2. The van der Waals surface area contributed by atoms with Crippen molar-refractivity contribution in [2.24, 2.45) is 0 Å². The van der Waals surface area contributed by atoms with E-state index < -0.39 is 5.41 Å². The van der Waals surface area contributed by atoms with Crippen LogP contribution >= 0.6 is 0 Å². The lowest BCUT2D eigenvalue weighted by molar-refractivity contribution is 0.627. The number of nitrogens with zero attached hydrogens (tertiary/aromatic N) is 1. The van der Waals surface area contributed by atoms with Crippen molar-refractivity contribution in [3.63, 3.8) is 0 Å². The third kappa shape index (κ3) is 3.00. The van der Waals surface area contributed by atoms with Crippen molar-refractivity contribution in [1.29, 1.82) is 0 Å². The fourth-order valence-electron chi connectivity index (χ4n) is 6.97. The standard InChI is InChI=1S/C37H23F2N/c38-24-10-7-12-26(22-24)40(27-13-8-11-25(39)23-27)35-21-9-20-34-36(35)30-16-3-6-19-33(30)37(34)31-17-4-1-14-28(31)29-15-2-5-18-32(29)37/h1-23H. The van der Waals surface area contributed by atoms with Gasteiger partial charge < -0.3 is 4.90 Å². The maximum Gasteiger partial charge on any atom is 0.125 e. The summed E-state index contributed by atoms with van der Waals surface area (Å²) in [6.07, 6.45) is 0. The number of fused-ring (bicyclic) bond motifs is 10. The first-order valence-electron chi connectivity index (χ1n) is 13.4. The number of anilines is 3. The van der Waals surface area contributed by atoms with Gasteiger partial charge in [-0.3, -0.25) is 0 Å². The van der Waals surface area contributed by atoms with E-state index in [0.29, 0.717) is 11.4 Å². The zero-order valence-corrected chi connectivity index (χ0v) is 21.5. The van der Waals surface area contributed by atoms with Crippen molar-refractivity contribution in [2.75, 3.05) is 4.90 Å². The summed E-state index contributed by atoms with van der Waals surface area (Å²) in [5.41, 5.74) is 11.2. The first-order chi connectivity index (χ1) is 19.7. The van der Waals surface area contributed by atoms with Gasteiger partial charge in [0.05, 0.1) is 11.1 Å². The molecule has 0 fully saturated rings. The highest BCUT2D eigenvalue weighted by Crippen LogP contribution is 2.64. The van der Waals surface area contributed by atoms with Crippen molar-refractivity contribution in [3.8, 4) is 22.3 Å². The predicted molar refractivity (Wildman–Crippen MR) is 157 cm³/mol. The quantitative estimate of drug-likeness (QED) is 0.225. The van der Waals surface area contributed by atoms with E-state index in [1.54, 1.807) is 12.1 Å². The Balaban J connectivity index is 1.50. The smallest absolute Gasteiger partial charge is 0.125 e. The van der Waals surface area contributed by atoms with Gasteiger partial charge in [0.25, 0.3) is 0 Å². The van der Waals surface area contributed by atoms with E-state index in [4.69, 9.17) is 0 Å². The van der Waals surface area contributed by atoms with Crippen LogP contribution in [0.4, 0.5) is 25.8 Å². The third-order valence-corrected chi connectivity index (χ3v) is 8.37. The molecule has 190 valence electrons. The van der Waals surface area contributed by atoms with Gasteiger partial charge in [-0.2, -0.15) is 0 Å². The Morgan fingerprint density at radius 2 is 0.875 bits per heavy atom. The summed E-state index contributed by atoms with van der Waals surface area (Å²) in [7, 11) is 0. The molecule has 0 saturated carbocycles. The molecule has 6 aromatic rings. The van der Waals surface area contributed by atoms with Gasteiger partial charge in [-0.15, -0.1) is 0 Å². The zero-order valence-electron chi connectivity index (χ0n) is 21.5. The highest BCUT2D eigenvalue weighted by atomic mass is 19.1. The molecule has 0 heterocycles. The topological polar surface area (TPSA) is 3.24 Å². The van der Waals surface area contributed by atoms with Gasteiger partial charge in [0, 0.05) is 16.9 Å². The highest BCUT2D eigenvalue weighted by molar-refractivity contribution is 6.00. The van der Waals surface area contributed by atoms with Crippen molar-refractivity contribution in [3.05, 3.63) is 173 Å². The SMILES string of the molecule is Fc1cccc(N(c2cccc(F)c2)c2cccc3c2-c2ccccc2C32c3ccccc3-c3ccccc32)c1. The maximum atomic E-state index is 14.6. The summed E-state index contributed by atoms with van der Waals surface area (Å²) < 4.78 is 29.2. The Morgan fingerprint density at radius 3 is 1.43 bits per heavy atom. The molecule has 0 bridgehead atoms. The molecule has 0 atom stereocenters. The molecule has 0 aliphatic heterocycles. The molecule has 2 aliphatic rings. The predicted octanol–water partition coefficient (Wildman–Crippen LogP) is 9.78. The van der Waals surface area contributed by atoms with Crippen molar-refractivity contribution in [1.82, 2.24) is 0 Å². The summed E-state index contributed by atoms with van der Waals surface area (Å²) in [5.74, 6) is -0.691. The lowest BCUT2D eigenvalue weighted by atomic mass is 9.70. The largest absolute Gasteiger partial charge is 0.310 e. The van der Waals surface area contributed by atoms with Gasteiger partial charge in [-0.05, 0) is 81.4 Å². The van der Waals surface area contributed by atoms with Crippen LogP contribution in [0.2, 0.25) is 0 Å². The minimum absolute atomic E-state index is 0.345. The first-order valence-corrected chi connectivity index (χ1v) is 13.4. The number of hydrogen-bond acceptors (Lipinski definition) is 1. The van der Waals surface area contributed by atoms with Gasteiger partial charge >= 0.3 is 0 Å². The summed E-state index contributed by atoms with van der Waals surface area (Å²) in [6.45, 7) is 0. The normalized spacial score (nSPS) is 13.4. The summed E-state index contributed by atoms with van der Waals surface area (Å²) >= 11 is 0. The van der Waals surface area contributed by atoms with Crippen LogP contribution in [0.1, 0.15) is 22.3 Å². The molecular weight excluding hydrogens is 496 g/mol. The summed E-state index contributed by atoms with van der Waals surface area (Å²) in [6, 6.07) is 45.2. The highest BCUT2D eigenvalue weighted by Gasteiger charge is 2.52. The number of benzene rings is 6. The average molecular weight is 520 g/mol. The van der Waals surface area contributed by atoms with Gasteiger partial charge in [-0.1, -0.05) is 97.1 Å². The molecule has 0 unspecified atom stereocenters. The molecule has 0 aromatic heterocycles. The molecule has 0 N–H and O–H groups in total.